The van der Waals surface area contributed by atoms with Crippen molar-refractivity contribution >= 4 is 15.9 Å². The average molecular weight is 274 g/mol. The van der Waals surface area contributed by atoms with E-state index in [4.69, 9.17) is 0 Å². The van der Waals surface area contributed by atoms with E-state index in [9.17, 15) is 4.39 Å². The highest BCUT2D eigenvalue weighted by Crippen LogP contribution is 2.16. The number of hydrogen-bond donors (Lipinski definition) is 1. The van der Waals surface area contributed by atoms with E-state index in [2.05, 4.69) is 42.0 Å². The third kappa shape index (κ3) is 3.92. The monoisotopic (exact) mass is 273 g/mol. The van der Waals surface area contributed by atoms with Gasteiger partial charge in [-0.25, -0.2) is 4.39 Å². The summed E-state index contributed by atoms with van der Waals surface area (Å²) in [4.78, 5) is 0. The van der Waals surface area contributed by atoms with Gasteiger partial charge in [0.2, 0.25) is 0 Å². The molecule has 0 aromatic heterocycles. The van der Waals surface area contributed by atoms with Crippen molar-refractivity contribution in [3.8, 4) is 0 Å². The summed E-state index contributed by atoms with van der Waals surface area (Å²) in [5.41, 5.74) is 1.09. The zero-order valence-electron chi connectivity index (χ0n) is 9.35. The first-order valence-electron chi connectivity index (χ1n) is 5.18. The van der Waals surface area contributed by atoms with Crippen LogP contribution in [0.15, 0.2) is 22.7 Å². The van der Waals surface area contributed by atoms with E-state index in [1.54, 1.807) is 6.07 Å². The van der Waals surface area contributed by atoms with Crippen LogP contribution in [0.25, 0.3) is 0 Å². The van der Waals surface area contributed by atoms with Crippen LogP contribution >= 0.6 is 15.9 Å². The Morgan fingerprint density at radius 1 is 1.33 bits per heavy atom. The first-order chi connectivity index (χ1) is 7.00. The van der Waals surface area contributed by atoms with Crippen molar-refractivity contribution in [2.24, 2.45) is 5.92 Å². The lowest BCUT2D eigenvalue weighted by Crippen LogP contribution is -2.30. The second kappa shape index (κ2) is 5.61. The van der Waals surface area contributed by atoms with Gasteiger partial charge in [-0.05, 0) is 46.5 Å². The van der Waals surface area contributed by atoms with Crippen LogP contribution in [-0.4, -0.2) is 6.04 Å². The second-order valence-electron chi connectivity index (χ2n) is 4.16. The third-order valence-corrected chi connectivity index (χ3v) is 3.22. The Bertz CT molecular complexity index is 325. The molecule has 3 heteroatoms. The molecule has 1 aromatic rings. The van der Waals surface area contributed by atoms with Crippen molar-refractivity contribution < 1.29 is 4.39 Å². The topological polar surface area (TPSA) is 12.0 Å². The van der Waals surface area contributed by atoms with E-state index >= 15 is 0 Å². The van der Waals surface area contributed by atoms with Crippen LogP contribution in [0.3, 0.4) is 0 Å². The molecule has 15 heavy (non-hydrogen) atoms. The van der Waals surface area contributed by atoms with Gasteiger partial charge in [0.25, 0.3) is 0 Å². The zero-order valence-corrected chi connectivity index (χ0v) is 10.9. The molecule has 0 saturated heterocycles. The molecule has 0 bridgehead atoms. The quantitative estimate of drug-likeness (QED) is 0.882. The lowest BCUT2D eigenvalue weighted by molar-refractivity contribution is 0.426. The molecule has 1 N–H and O–H groups in total. The number of nitrogens with one attached hydrogen (secondary N) is 1. The van der Waals surface area contributed by atoms with Gasteiger partial charge in [-0.1, -0.05) is 19.9 Å². The zero-order chi connectivity index (χ0) is 11.4. The molecule has 84 valence electrons. The van der Waals surface area contributed by atoms with Crippen LogP contribution in [0.2, 0.25) is 0 Å². The summed E-state index contributed by atoms with van der Waals surface area (Å²) in [5, 5.41) is 3.40. The Labute approximate surface area is 99.2 Å². The van der Waals surface area contributed by atoms with Crippen LogP contribution in [0, 0.1) is 11.7 Å². The van der Waals surface area contributed by atoms with Gasteiger partial charge in [0.05, 0.1) is 4.47 Å². The Kier molecular flexibility index (Phi) is 4.74. The van der Waals surface area contributed by atoms with Crippen LogP contribution < -0.4 is 5.32 Å². The maximum Gasteiger partial charge on any atom is 0.137 e. The molecular weight excluding hydrogens is 257 g/mol. The molecular formula is C12H17BrFN. The standard InChI is InChI=1S/C12H17BrFN/c1-8(2)9(3)15-7-10-4-5-12(14)11(13)6-10/h4-6,8-9,15H,7H2,1-3H3/t9-/m1/s1. The van der Waals surface area contributed by atoms with Crippen molar-refractivity contribution in [3.05, 3.63) is 34.1 Å². The molecule has 0 amide bonds. The van der Waals surface area contributed by atoms with Gasteiger partial charge >= 0.3 is 0 Å². The summed E-state index contributed by atoms with van der Waals surface area (Å²) in [7, 11) is 0. The fourth-order valence-electron chi connectivity index (χ4n) is 1.16. The summed E-state index contributed by atoms with van der Waals surface area (Å²) in [6.07, 6.45) is 0. The molecule has 0 spiro atoms. The van der Waals surface area contributed by atoms with E-state index in [-0.39, 0.29) is 5.82 Å². The van der Waals surface area contributed by atoms with Gasteiger partial charge < -0.3 is 5.32 Å². The van der Waals surface area contributed by atoms with Crippen molar-refractivity contribution in [1.29, 1.82) is 0 Å². The van der Waals surface area contributed by atoms with Crippen molar-refractivity contribution in [3.63, 3.8) is 0 Å². The Hall–Kier alpha value is -0.410. The Balaban J connectivity index is 2.55. The highest BCUT2D eigenvalue weighted by atomic mass is 79.9. The minimum absolute atomic E-state index is 0.212. The van der Waals surface area contributed by atoms with E-state index in [0.29, 0.717) is 16.4 Å². The molecule has 1 aromatic carbocycles. The highest BCUT2D eigenvalue weighted by molar-refractivity contribution is 9.10. The number of halogens is 2. The summed E-state index contributed by atoms with van der Waals surface area (Å²) >= 11 is 3.18. The van der Waals surface area contributed by atoms with E-state index in [1.165, 1.54) is 6.07 Å². The summed E-state index contributed by atoms with van der Waals surface area (Å²) in [6, 6.07) is 5.57. The van der Waals surface area contributed by atoms with E-state index in [0.717, 1.165) is 12.1 Å². The minimum Gasteiger partial charge on any atom is -0.310 e. The molecule has 1 rings (SSSR count). The van der Waals surface area contributed by atoms with Gasteiger partial charge in [-0.2, -0.15) is 0 Å². The molecule has 0 unspecified atom stereocenters. The van der Waals surface area contributed by atoms with Crippen LogP contribution in [-0.2, 0) is 6.54 Å². The van der Waals surface area contributed by atoms with E-state index < -0.39 is 0 Å². The molecule has 0 heterocycles. The van der Waals surface area contributed by atoms with Crippen LogP contribution in [0.5, 0.6) is 0 Å². The van der Waals surface area contributed by atoms with Gasteiger partial charge in [0.15, 0.2) is 0 Å². The van der Waals surface area contributed by atoms with E-state index in [1.807, 2.05) is 6.07 Å². The predicted molar refractivity (Wildman–Crippen MR) is 65.2 cm³/mol. The van der Waals surface area contributed by atoms with Gasteiger partial charge in [0.1, 0.15) is 5.82 Å². The first kappa shape index (κ1) is 12.7. The van der Waals surface area contributed by atoms with Crippen LogP contribution in [0.1, 0.15) is 26.3 Å². The summed E-state index contributed by atoms with van der Waals surface area (Å²) in [5.74, 6) is 0.393. The normalized spacial score (nSPS) is 13.2. The average Bonchev–Trinajstić information content (AvgIpc) is 2.19. The fourth-order valence-corrected chi connectivity index (χ4v) is 1.59. The molecule has 1 nitrogen and oxygen atoms in total. The second-order valence-corrected chi connectivity index (χ2v) is 5.02. The molecule has 0 radical (unpaired) electrons. The SMILES string of the molecule is CC(C)[C@@H](C)NCc1ccc(F)c(Br)c1. The van der Waals surface area contributed by atoms with Gasteiger partial charge in [-0.15, -0.1) is 0 Å². The molecule has 0 aliphatic carbocycles. The Morgan fingerprint density at radius 2 is 2.00 bits per heavy atom. The smallest absolute Gasteiger partial charge is 0.137 e. The largest absolute Gasteiger partial charge is 0.310 e. The molecule has 0 saturated carbocycles. The molecule has 0 aliphatic rings. The number of hydrogen-bond acceptors (Lipinski definition) is 1. The number of benzene rings is 1. The third-order valence-electron chi connectivity index (χ3n) is 2.61. The lowest BCUT2D eigenvalue weighted by atomic mass is 10.1. The summed E-state index contributed by atoms with van der Waals surface area (Å²) < 4.78 is 13.5. The predicted octanol–water partition coefficient (Wildman–Crippen LogP) is 3.72. The van der Waals surface area contributed by atoms with Crippen molar-refractivity contribution in [1.82, 2.24) is 5.32 Å². The minimum atomic E-state index is -0.212. The Morgan fingerprint density at radius 3 is 2.53 bits per heavy atom. The number of rotatable bonds is 4. The van der Waals surface area contributed by atoms with Gasteiger partial charge in [-0.3, -0.25) is 0 Å². The first-order valence-corrected chi connectivity index (χ1v) is 5.97. The maximum absolute atomic E-state index is 13.0. The molecule has 0 fully saturated rings. The van der Waals surface area contributed by atoms with Crippen LogP contribution in [0.4, 0.5) is 4.39 Å². The molecule has 0 aliphatic heterocycles. The molecule has 1 atom stereocenters. The summed E-state index contributed by atoms with van der Waals surface area (Å²) in [6.45, 7) is 7.29. The van der Waals surface area contributed by atoms with Crippen molar-refractivity contribution in [2.45, 2.75) is 33.4 Å². The maximum atomic E-state index is 13.0. The fraction of sp³-hybridized carbons (Fsp3) is 0.500. The lowest BCUT2D eigenvalue weighted by Gasteiger charge is -2.17. The highest BCUT2D eigenvalue weighted by Gasteiger charge is 2.06. The van der Waals surface area contributed by atoms with Gasteiger partial charge in [0, 0.05) is 12.6 Å². The van der Waals surface area contributed by atoms with Crippen molar-refractivity contribution in [2.75, 3.05) is 0 Å².